The minimum Gasteiger partial charge on any atom is -0.494 e. The van der Waals surface area contributed by atoms with Crippen LogP contribution in [0.15, 0.2) is 47.4 Å². The summed E-state index contributed by atoms with van der Waals surface area (Å²) < 4.78 is 41.8. The van der Waals surface area contributed by atoms with Crippen molar-refractivity contribution in [3.05, 3.63) is 53.7 Å². The molecule has 1 saturated heterocycles. The molecule has 10 heteroatoms. The first kappa shape index (κ1) is 26.1. The highest BCUT2D eigenvalue weighted by Gasteiger charge is 2.40. The number of ether oxygens (including phenoxy) is 2. The van der Waals surface area contributed by atoms with E-state index in [2.05, 4.69) is 5.10 Å². The quantitative estimate of drug-likeness (QED) is 0.389. The predicted molar refractivity (Wildman–Crippen MR) is 136 cm³/mol. The van der Waals surface area contributed by atoms with E-state index in [4.69, 9.17) is 9.47 Å². The summed E-state index contributed by atoms with van der Waals surface area (Å²) in [5, 5.41) is 14.7. The number of benzene rings is 2. The van der Waals surface area contributed by atoms with Crippen molar-refractivity contribution in [2.24, 2.45) is 5.92 Å². The molecule has 1 N–H and O–H groups in total. The largest absolute Gasteiger partial charge is 0.494 e. The van der Waals surface area contributed by atoms with E-state index in [1.165, 1.54) is 4.31 Å². The molecule has 1 fully saturated rings. The third-order valence-corrected chi connectivity index (χ3v) is 8.55. The van der Waals surface area contributed by atoms with E-state index >= 15 is 0 Å². The summed E-state index contributed by atoms with van der Waals surface area (Å²) in [5.41, 5.74) is 2.01. The Kier molecular flexibility index (Phi) is 7.97. The second-order valence-electron chi connectivity index (χ2n) is 9.14. The molecule has 0 saturated carbocycles. The molecule has 0 unspecified atom stereocenters. The third kappa shape index (κ3) is 5.25. The zero-order valence-corrected chi connectivity index (χ0v) is 21.7. The topological polar surface area (TPSA) is 111 Å². The lowest BCUT2D eigenvalue weighted by Crippen LogP contribution is -2.30. The van der Waals surface area contributed by atoms with Gasteiger partial charge in [0.25, 0.3) is 0 Å². The van der Waals surface area contributed by atoms with Crippen LogP contribution in [0.5, 0.6) is 5.75 Å². The van der Waals surface area contributed by atoms with Crippen LogP contribution in [0, 0.1) is 5.92 Å². The number of carboxylic acid groups (broad SMARTS) is 1. The maximum absolute atomic E-state index is 13.8. The van der Waals surface area contributed by atoms with E-state index in [1.54, 1.807) is 19.2 Å². The fourth-order valence-electron chi connectivity index (χ4n) is 4.91. The van der Waals surface area contributed by atoms with E-state index < -0.39 is 16.0 Å². The van der Waals surface area contributed by atoms with Crippen molar-refractivity contribution in [2.45, 2.75) is 44.0 Å². The van der Waals surface area contributed by atoms with Gasteiger partial charge in [0.05, 0.1) is 35.2 Å². The van der Waals surface area contributed by atoms with Crippen molar-refractivity contribution in [1.29, 1.82) is 0 Å². The highest BCUT2D eigenvalue weighted by molar-refractivity contribution is 7.89. The van der Waals surface area contributed by atoms with E-state index in [0.29, 0.717) is 49.6 Å². The van der Waals surface area contributed by atoms with Crippen LogP contribution in [-0.2, 0) is 32.4 Å². The van der Waals surface area contributed by atoms with E-state index in [0.717, 1.165) is 10.9 Å². The highest BCUT2D eigenvalue weighted by Crippen LogP contribution is 2.36. The first-order valence-corrected chi connectivity index (χ1v) is 13.6. The number of methoxy groups -OCH3 is 1. The Balaban J connectivity index is 1.66. The van der Waals surface area contributed by atoms with Crippen molar-refractivity contribution >= 4 is 26.9 Å². The smallest absolute Gasteiger partial charge is 0.309 e. The normalized spacial score (nSPS) is 18.6. The molecule has 2 aromatic carbocycles. The molecule has 2 atom stereocenters. The molecule has 2 heterocycles. The summed E-state index contributed by atoms with van der Waals surface area (Å²) in [5.74, 6) is -0.323. The molecule has 3 aromatic rings. The van der Waals surface area contributed by atoms with Crippen molar-refractivity contribution in [3.63, 3.8) is 0 Å². The Morgan fingerprint density at radius 3 is 2.69 bits per heavy atom. The molecule has 1 aliphatic rings. The van der Waals surface area contributed by atoms with Gasteiger partial charge in [0.2, 0.25) is 10.0 Å². The lowest BCUT2D eigenvalue weighted by atomic mass is 10.1. The summed E-state index contributed by atoms with van der Waals surface area (Å²) in [7, 11) is -2.15. The summed E-state index contributed by atoms with van der Waals surface area (Å²) in [4.78, 5) is 11.7. The summed E-state index contributed by atoms with van der Waals surface area (Å²) in [6.07, 6.45) is 1.06. The molecular formula is C26H33N3O6S. The summed E-state index contributed by atoms with van der Waals surface area (Å²) in [6.45, 7) is 5.53. The minimum absolute atomic E-state index is 0.0135. The average molecular weight is 516 g/mol. The average Bonchev–Trinajstić information content (AvgIpc) is 3.40. The molecular weight excluding hydrogens is 482 g/mol. The monoisotopic (exact) mass is 515 g/mol. The maximum atomic E-state index is 13.8. The number of hydrogen-bond acceptors (Lipinski definition) is 6. The molecule has 0 spiro atoms. The SMILES string of the molecule is CCOc1ccc(S(=O)(=O)N2C[C@@H](C)[C@@H](n3nc(CC(=O)O)c4ccccc43)C2)c(CCCOC)c1. The number of aliphatic carboxylic acids is 1. The highest BCUT2D eigenvalue weighted by atomic mass is 32.2. The zero-order chi connectivity index (χ0) is 25.9. The first-order chi connectivity index (χ1) is 17.3. The van der Waals surface area contributed by atoms with Crippen molar-refractivity contribution in [2.75, 3.05) is 33.4 Å². The molecule has 194 valence electrons. The lowest BCUT2D eigenvalue weighted by Gasteiger charge is -2.20. The number of para-hydroxylation sites is 1. The van der Waals surface area contributed by atoms with Gasteiger partial charge in [0, 0.05) is 32.2 Å². The number of fused-ring (bicyclic) bond motifs is 1. The van der Waals surface area contributed by atoms with E-state index in [1.807, 2.05) is 48.9 Å². The second kappa shape index (κ2) is 11.0. The molecule has 0 aliphatic carbocycles. The van der Waals surface area contributed by atoms with E-state index in [9.17, 15) is 18.3 Å². The number of sulfonamides is 1. The van der Waals surface area contributed by atoms with Crippen LogP contribution in [0.2, 0.25) is 0 Å². The number of hydrogen-bond donors (Lipinski definition) is 1. The Morgan fingerprint density at radius 2 is 1.97 bits per heavy atom. The molecule has 0 bridgehead atoms. The van der Waals surface area contributed by atoms with Gasteiger partial charge >= 0.3 is 5.97 Å². The van der Waals surface area contributed by atoms with Gasteiger partial charge in [-0.2, -0.15) is 9.40 Å². The number of aryl methyl sites for hydroxylation is 1. The maximum Gasteiger partial charge on any atom is 0.309 e. The molecule has 9 nitrogen and oxygen atoms in total. The van der Waals surface area contributed by atoms with Crippen LogP contribution in [0.4, 0.5) is 0 Å². The van der Waals surface area contributed by atoms with Crippen LogP contribution in [0.1, 0.15) is 37.6 Å². The molecule has 36 heavy (non-hydrogen) atoms. The van der Waals surface area contributed by atoms with Crippen molar-refractivity contribution < 1.29 is 27.8 Å². The molecule has 0 amide bonds. The van der Waals surface area contributed by atoms with Gasteiger partial charge in [-0.1, -0.05) is 25.1 Å². The van der Waals surface area contributed by atoms with E-state index in [-0.39, 0.29) is 29.8 Å². The Morgan fingerprint density at radius 1 is 1.19 bits per heavy atom. The van der Waals surface area contributed by atoms with Crippen LogP contribution in [0.25, 0.3) is 10.9 Å². The standard InChI is InChI=1S/C26H33N3O6S/c1-4-35-20-11-12-25(19(14-20)8-7-13-34-3)36(32,33)28-16-18(2)24(17-28)29-23-10-6-5-9-21(23)22(27-29)15-26(30)31/h5-6,9-12,14,18,24H,4,7-8,13,15-17H2,1-3H3,(H,30,31)/t18-,24+/m1/s1. The van der Waals surface area contributed by atoms with Gasteiger partial charge in [-0.25, -0.2) is 8.42 Å². The molecule has 1 aliphatic heterocycles. The number of nitrogens with zero attached hydrogens (tertiary/aromatic N) is 3. The predicted octanol–water partition coefficient (Wildman–Crippen LogP) is 3.52. The van der Waals surface area contributed by atoms with Gasteiger partial charge in [0.1, 0.15) is 5.75 Å². The Hall–Kier alpha value is -2.95. The van der Waals surface area contributed by atoms with Crippen LogP contribution in [0.3, 0.4) is 0 Å². The third-order valence-electron chi connectivity index (χ3n) is 6.62. The van der Waals surface area contributed by atoms with Gasteiger partial charge < -0.3 is 14.6 Å². The fourth-order valence-corrected chi connectivity index (χ4v) is 6.70. The van der Waals surface area contributed by atoms with Gasteiger partial charge in [-0.05, 0) is 55.5 Å². The van der Waals surface area contributed by atoms with Crippen LogP contribution >= 0.6 is 0 Å². The number of carboxylic acids is 1. The summed E-state index contributed by atoms with van der Waals surface area (Å²) in [6, 6.07) is 12.4. The number of carbonyl (C=O) groups is 1. The summed E-state index contributed by atoms with van der Waals surface area (Å²) >= 11 is 0. The molecule has 1 aromatic heterocycles. The number of aromatic nitrogens is 2. The lowest BCUT2D eigenvalue weighted by molar-refractivity contribution is -0.136. The fraction of sp³-hybridized carbons (Fsp3) is 0.462. The van der Waals surface area contributed by atoms with Crippen LogP contribution < -0.4 is 4.74 Å². The molecule has 0 radical (unpaired) electrons. The van der Waals surface area contributed by atoms with Gasteiger partial charge in [-0.3, -0.25) is 9.48 Å². The Labute approximate surface area is 211 Å². The first-order valence-electron chi connectivity index (χ1n) is 12.2. The minimum atomic E-state index is -3.78. The van der Waals surface area contributed by atoms with Gasteiger partial charge in [-0.15, -0.1) is 0 Å². The van der Waals surface area contributed by atoms with Crippen LogP contribution in [-0.4, -0.2) is 67.0 Å². The molecule has 4 rings (SSSR count). The zero-order valence-electron chi connectivity index (χ0n) is 20.9. The Bertz CT molecular complexity index is 1340. The number of rotatable bonds is 11. The van der Waals surface area contributed by atoms with Crippen molar-refractivity contribution in [3.8, 4) is 5.75 Å². The second-order valence-corrected chi connectivity index (χ2v) is 11.1. The van der Waals surface area contributed by atoms with Gasteiger partial charge in [0.15, 0.2) is 0 Å². The van der Waals surface area contributed by atoms with Crippen molar-refractivity contribution in [1.82, 2.24) is 14.1 Å².